The Labute approximate surface area is 94.7 Å². The van der Waals surface area contributed by atoms with E-state index in [1.54, 1.807) is 36.0 Å². The number of ketones is 1. The van der Waals surface area contributed by atoms with Gasteiger partial charge in [-0.25, -0.2) is 0 Å². The van der Waals surface area contributed by atoms with E-state index in [0.29, 0.717) is 12.2 Å². The molecule has 15 heavy (non-hydrogen) atoms. The maximum Gasteiger partial charge on any atom is 0.147 e. The van der Waals surface area contributed by atoms with Crippen molar-refractivity contribution in [3.05, 3.63) is 29.8 Å². The third kappa shape index (κ3) is 4.88. The molecule has 0 heterocycles. The molecule has 0 spiro atoms. The van der Waals surface area contributed by atoms with Gasteiger partial charge in [-0.05, 0) is 29.9 Å². The van der Waals surface area contributed by atoms with Gasteiger partial charge in [0.15, 0.2) is 0 Å². The average Bonchev–Trinajstić information content (AvgIpc) is 2.22. The van der Waals surface area contributed by atoms with Crippen molar-refractivity contribution in [3.8, 4) is 5.75 Å². The molecule has 0 aliphatic heterocycles. The number of Topliss-reactive ketones (excluding diaryl/α,β-unsaturated/α-hetero) is 1. The Hall–Kier alpha value is -0.960. The van der Waals surface area contributed by atoms with E-state index in [0.717, 1.165) is 17.7 Å². The number of hydrogen-bond acceptors (Lipinski definition) is 3. The number of phenolic OH excluding ortho intramolecular Hbond substituents is 1. The maximum absolute atomic E-state index is 11.5. The van der Waals surface area contributed by atoms with E-state index in [9.17, 15) is 4.79 Å². The van der Waals surface area contributed by atoms with Crippen LogP contribution in [0.25, 0.3) is 0 Å². The average molecular weight is 224 g/mol. The Kier molecular flexibility index (Phi) is 5.26. The first-order valence-electron chi connectivity index (χ1n) is 5.09. The summed E-state index contributed by atoms with van der Waals surface area (Å²) in [5.74, 6) is 2.13. The maximum atomic E-state index is 11.5. The van der Waals surface area contributed by atoms with Crippen molar-refractivity contribution in [2.75, 3.05) is 11.5 Å². The molecule has 1 aromatic carbocycles. The molecule has 0 unspecified atom stereocenters. The minimum Gasteiger partial charge on any atom is -0.508 e. The minimum absolute atomic E-state index is 0.242. The third-order valence-electron chi connectivity index (χ3n) is 1.95. The van der Waals surface area contributed by atoms with Gasteiger partial charge in [0.25, 0.3) is 0 Å². The second-order valence-corrected chi connectivity index (χ2v) is 4.54. The lowest BCUT2D eigenvalue weighted by molar-refractivity contribution is -0.116. The predicted octanol–water partition coefficient (Wildman–Crippen LogP) is 2.65. The standard InChI is InChI=1S/C12H16O2S/c1-2-7-15-9-12(14)8-10-3-5-11(13)6-4-10/h3-6,13H,2,7-9H2,1H3. The van der Waals surface area contributed by atoms with Gasteiger partial charge < -0.3 is 5.11 Å². The number of carbonyl (C=O) groups is 1. The van der Waals surface area contributed by atoms with Gasteiger partial charge in [0, 0.05) is 6.42 Å². The molecular weight excluding hydrogens is 208 g/mol. The lowest BCUT2D eigenvalue weighted by Gasteiger charge is -2.01. The van der Waals surface area contributed by atoms with Crippen molar-refractivity contribution in [1.82, 2.24) is 0 Å². The van der Waals surface area contributed by atoms with Crippen molar-refractivity contribution in [1.29, 1.82) is 0 Å². The van der Waals surface area contributed by atoms with Crippen LogP contribution in [0.3, 0.4) is 0 Å². The highest BCUT2D eigenvalue weighted by atomic mass is 32.2. The molecule has 0 amide bonds. The van der Waals surface area contributed by atoms with Gasteiger partial charge in [-0.2, -0.15) is 11.8 Å². The summed E-state index contributed by atoms with van der Waals surface area (Å²) < 4.78 is 0. The number of phenols is 1. The van der Waals surface area contributed by atoms with E-state index < -0.39 is 0 Å². The molecule has 0 bridgehead atoms. The van der Waals surface area contributed by atoms with Gasteiger partial charge in [0.1, 0.15) is 11.5 Å². The summed E-state index contributed by atoms with van der Waals surface area (Å²) in [5.41, 5.74) is 0.967. The lowest BCUT2D eigenvalue weighted by atomic mass is 10.1. The number of thioether (sulfide) groups is 1. The predicted molar refractivity (Wildman–Crippen MR) is 64.4 cm³/mol. The Morgan fingerprint density at radius 3 is 2.60 bits per heavy atom. The number of carbonyl (C=O) groups excluding carboxylic acids is 1. The van der Waals surface area contributed by atoms with Crippen LogP contribution in [-0.4, -0.2) is 22.4 Å². The summed E-state index contributed by atoms with van der Waals surface area (Å²) >= 11 is 1.68. The second-order valence-electron chi connectivity index (χ2n) is 3.43. The highest BCUT2D eigenvalue weighted by molar-refractivity contribution is 7.99. The zero-order valence-electron chi connectivity index (χ0n) is 8.90. The summed E-state index contributed by atoms with van der Waals surface area (Å²) in [6, 6.07) is 6.80. The molecule has 1 aromatic rings. The van der Waals surface area contributed by atoms with Crippen LogP contribution in [0, 0.1) is 0 Å². The highest BCUT2D eigenvalue weighted by Gasteiger charge is 2.03. The van der Waals surface area contributed by atoms with E-state index in [-0.39, 0.29) is 11.5 Å². The molecule has 0 fully saturated rings. The summed E-state index contributed by atoms with van der Waals surface area (Å²) in [6.45, 7) is 2.11. The lowest BCUT2D eigenvalue weighted by Crippen LogP contribution is -2.05. The van der Waals surface area contributed by atoms with Crippen molar-refractivity contribution < 1.29 is 9.90 Å². The van der Waals surface area contributed by atoms with Gasteiger partial charge >= 0.3 is 0 Å². The summed E-state index contributed by atoms with van der Waals surface area (Å²) in [7, 11) is 0. The third-order valence-corrected chi connectivity index (χ3v) is 3.17. The van der Waals surface area contributed by atoms with Gasteiger partial charge in [0.2, 0.25) is 0 Å². The first-order chi connectivity index (χ1) is 7.22. The van der Waals surface area contributed by atoms with Crippen LogP contribution in [0.5, 0.6) is 5.75 Å². The van der Waals surface area contributed by atoms with E-state index >= 15 is 0 Å². The number of benzene rings is 1. The van der Waals surface area contributed by atoms with E-state index in [2.05, 4.69) is 6.92 Å². The summed E-state index contributed by atoms with van der Waals surface area (Å²) in [4.78, 5) is 11.5. The molecule has 1 rings (SSSR count). The largest absolute Gasteiger partial charge is 0.508 e. The van der Waals surface area contributed by atoms with Crippen molar-refractivity contribution >= 4 is 17.5 Å². The smallest absolute Gasteiger partial charge is 0.147 e. The van der Waals surface area contributed by atoms with Crippen molar-refractivity contribution in [2.45, 2.75) is 19.8 Å². The number of aromatic hydroxyl groups is 1. The van der Waals surface area contributed by atoms with Crippen LogP contribution in [0.4, 0.5) is 0 Å². The fraction of sp³-hybridized carbons (Fsp3) is 0.417. The molecule has 0 aromatic heterocycles. The Morgan fingerprint density at radius 1 is 1.33 bits per heavy atom. The molecule has 3 heteroatoms. The molecule has 0 atom stereocenters. The molecular formula is C12H16O2S. The topological polar surface area (TPSA) is 37.3 Å². The van der Waals surface area contributed by atoms with Gasteiger partial charge in [0.05, 0.1) is 5.75 Å². The number of rotatable bonds is 6. The zero-order valence-corrected chi connectivity index (χ0v) is 9.72. The highest BCUT2D eigenvalue weighted by Crippen LogP contribution is 2.11. The molecule has 0 aliphatic rings. The van der Waals surface area contributed by atoms with Crippen LogP contribution in [0.2, 0.25) is 0 Å². The Bertz CT molecular complexity index is 306. The fourth-order valence-corrected chi connectivity index (χ4v) is 1.99. The summed E-state index contributed by atoms with van der Waals surface area (Å²) in [5, 5.41) is 9.08. The molecule has 1 N–H and O–H groups in total. The van der Waals surface area contributed by atoms with E-state index in [1.165, 1.54) is 0 Å². The van der Waals surface area contributed by atoms with Crippen molar-refractivity contribution in [3.63, 3.8) is 0 Å². The molecule has 0 aliphatic carbocycles. The molecule has 2 nitrogen and oxygen atoms in total. The Balaban J connectivity index is 2.34. The van der Waals surface area contributed by atoms with Crippen LogP contribution < -0.4 is 0 Å². The van der Waals surface area contributed by atoms with Crippen LogP contribution in [0.15, 0.2) is 24.3 Å². The van der Waals surface area contributed by atoms with E-state index in [1.807, 2.05) is 0 Å². The first kappa shape index (κ1) is 12.1. The normalized spacial score (nSPS) is 10.2. The van der Waals surface area contributed by atoms with Gasteiger partial charge in [-0.1, -0.05) is 19.1 Å². The minimum atomic E-state index is 0.242. The van der Waals surface area contributed by atoms with Gasteiger partial charge in [-0.3, -0.25) is 4.79 Å². The second kappa shape index (κ2) is 6.51. The SMILES string of the molecule is CCCSCC(=O)Cc1ccc(O)cc1. The fourth-order valence-electron chi connectivity index (χ4n) is 1.22. The zero-order chi connectivity index (χ0) is 11.1. The molecule has 0 saturated heterocycles. The van der Waals surface area contributed by atoms with Crippen LogP contribution >= 0.6 is 11.8 Å². The number of hydrogen-bond donors (Lipinski definition) is 1. The summed E-state index contributed by atoms with van der Waals surface area (Å²) in [6.07, 6.45) is 1.58. The van der Waals surface area contributed by atoms with Gasteiger partial charge in [-0.15, -0.1) is 0 Å². The monoisotopic (exact) mass is 224 g/mol. The quantitative estimate of drug-likeness (QED) is 0.755. The molecule has 0 saturated carbocycles. The molecule has 0 radical (unpaired) electrons. The van der Waals surface area contributed by atoms with Crippen molar-refractivity contribution in [2.24, 2.45) is 0 Å². The van der Waals surface area contributed by atoms with Crippen LogP contribution in [0.1, 0.15) is 18.9 Å². The first-order valence-corrected chi connectivity index (χ1v) is 6.25. The Morgan fingerprint density at radius 2 is 2.00 bits per heavy atom. The van der Waals surface area contributed by atoms with Crippen LogP contribution in [-0.2, 0) is 11.2 Å². The molecule has 82 valence electrons. The van der Waals surface area contributed by atoms with E-state index in [4.69, 9.17) is 5.11 Å².